The maximum atomic E-state index is 13.5. The van der Waals surface area contributed by atoms with Crippen molar-refractivity contribution >= 4 is 17.6 Å². The van der Waals surface area contributed by atoms with Crippen molar-refractivity contribution in [2.24, 2.45) is 0 Å². The highest BCUT2D eigenvalue weighted by molar-refractivity contribution is 5.94. The summed E-state index contributed by atoms with van der Waals surface area (Å²) in [5.74, 6) is 1.35. The molecule has 34 heavy (non-hydrogen) atoms. The van der Waals surface area contributed by atoms with E-state index in [-0.39, 0.29) is 18.4 Å². The van der Waals surface area contributed by atoms with Crippen molar-refractivity contribution in [1.29, 1.82) is 0 Å². The number of carbonyl (C=O) groups excluding carboxylic acids is 2. The Labute approximate surface area is 195 Å². The highest BCUT2D eigenvalue weighted by atomic mass is 16.5. The molecule has 3 aromatic heterocycles. The number of anilines is 1. The van der Waals surface area contributed by atoms with Crippen molar-refractivity contribution in [2.75, 3.05) is 38.0 Å². The van der Waals surface area contributed by atoms with E-state index in [4.69, 9.17) is 8.94 Å². The van der Waals surface area contributed by atoms with Gasteiger partial charge >= 0.3 is 0 Å². The van der Waals surface area contributed by atoms with Gasteiger partial charge in [-0.15, -0.1) is 0 Å². The lowest BCUT2D eigenvalue weighted by atomic mass is 10.2. The number of piperazine rings is 1. The van der Waals surface area contributed by atoms with Gasteiger partial charge in [0, 0.05) is 38.3 Å². The Morgan fingerprint density at radius 1 is 1.03 bits per heavy atom. The molecule has 10 nitrogen and oxygen atoms in total. The Balaban J connectivity index is 1.26. The molecule has 5 rings (SSSR count). The highest BCUT2D eigenvalue weighted by Gasteiger charge is 2.27. The van der Waals surface area contributed by atoms with Gasteiger partial charge in [0.25, 0.3) is 5.91 Å². The maximum absolute atomic E-state index is 13.5. The SMILES string of the molecule is Cc1cc(NC(=O)CN2CCN(C(=O)c3cc(-c4ccco4)nn3-c3ccccc3)CC2)no1. The smallest absolute Gasteiger partial charge is 0.272 e. The van der Waals surface area contributed by atoms with Gasteiger partial charge < -0.3 is 19.2 Å². The van der Waals surface area contributed by atoms with E-state index in [0.29, 0.717) is 54.9 Å². The number of carbonyl (C=O) groups is 2. The lowest BCUT2D eigenvalue weighted by molar-refractivity contribution is -0.117. The van der Waals surface area contributed by atoms with Crippen molar-refractivity contribution < 1.29 is 18.5 Å². The van der Waals surface area contributed by atoms with Crippen LogP contribution in [-0.4, -0.2) is 69.3 Å². The molecule has 1 aliphatic rings. The molecule has 10 heteroatoms. The molecule has 0 aliphatic carbocycles. The first-order valence-corrected chi connectivity index (χ1v) is 11.0. The number of rotatable bonds is 6. The number of hydrogen-bond acceptors (Lipinski definition) is 7. The summed E-state index contributed by atoms with van der Waals surface area (Å²) < 4.78 is 12.1. The van der Waals surface area contributed by atoms with Gasteiger partial charge in [-0.2, -0.15) is 5.10 Å². The molecule has 0 atom stereocenters. The fourth-order valence-electron chi connectivity index (χ4n) is 3.93. The molecule has 0 radical (unpaired) electrons. The van der Waals surface area contributed by atoms with Crippen LogP contribution in [0.1, 0.15) is 16.2 Å². The molecule has 0 saturated carbocycles. The van der Waals surface area contributed by atoms with Gasteiger partial charge in [-0.05, 0) is 31.2 Å². The van der Waals surface area contributed by atoms with Crippen molar-refractivity contribution in [3.8, 4) is 17.1 Å². The zero-order valence-electron chi connectivity index (χ0n) is 18.7. The van der Waals surface area contributed by atoms with Crippen LogP contribution in [0.2, 0.25) is 0 Å². The third kappa shape index (κ3) is 4.62. The van der Waals surface area contributed by atoms with E-state index in [1.807, 2.05) is 41.3 Å². The first kappa shape index (κ1) is 21.7. The number of furan rings is 1. The molecule has 1 saturated heterocycles. The van der Waals surface area contributed by atoms with E-state index in [2.05, 4.69) is 15.6 Å². The average Bonchev–Trinajstić information content (AvgIpc) is 3.61. The van der Waals surface area contributed by atoms with Crippen molar-refractivity contribution in [3.05, 3.63) is 72.3 Å². The van der Waals surface area contributed by atoms with Crippen LogP contribution < -0.4 is 5.32 Å². The molecule has 2 amide bonds. The minimum atomic E-state index is -0.168. The van der Waals surface area contributed by atoms with Crippen LogP contribution in [0.4, 0.5) is 5.82 Å². The Morgan fingerprint density at radius 3 is 2.50 bits per heavy atom. The summed E-state index contributed by atoms with van der Waals surface area (Å²) >= 11 is 0. The maximum Gasteiger partial charge on any atom is 0.272 e. The minimum Gasteiger partial charge on any atom is -0.463 e. The number of benzene rings is 1. The normalized spacial score (nSPS) is 14.3. The molecule has 1 aromatic carbocycles. The molecule has 0 spiro atoms. The topological polar surface area (TPSA) is 110 Å². The predicted molar refractivity (Wildman–Crippen MR) is 123 cm³/mol. The fraction of sp³-hybridized carbons (Fsp3) is 0.250. The van der Waals surface area contributed by atoms with Crippen LogP contribution in [0.25, 0.3) is 17.1 Å². The zero-order valence-corrected chi connectivity index (χ0v) is 18.7. The van der Waals surface area contributed by atoms with Gasteiger partial charge in [-0.25, -0.2) is 4.68 Å². The Bertz CT molecular complexity index is 1270. The Hall–Kier alpha value is -4.18. The molecule has 0 bridgehead atoms. The molecule has 1 fully saturated rings. The number of nitrogens with zero attached hydrogens (tertiary/aromatic N) is 5. The first-order chi connectivity index (χ1) is 16.6. The summed E-state index contributed by atoms with van der Waals surface area (Å²) in [7, 11) is 0. The molecule has 4 heterocycles. The lowest BCUT2D eigenvalue weighted by Crippen LogP contribution is -2.50. The number of hydrogen-bond donors (Lipinski definition) is 1. The second-order valence-electron chi connectivity index (χ2n) is 8.08. The van der Waals surface area contributed by atoms with Crippen LogP contribution in [0.15, 0.2) is 69.8 Å². The number of aryl methyl sites for hydroxylation is 1. The average molecular weight is 460 g/mol. The quantitative estimate of drug-likeness (QED) is 0.471. The predicted octanol–water partition coefficient (Wildman–Crippen LogP) is 2.83. The van der Waals surface area contributed by atoms with Gasteiger partial charge in [0.15, 0.2) is 11.6 Å². The second-order valence-corrected chi connectivity index (χ2v) is 8.08. The number of nitrogens with one attached hydrogen (secondary N) is 1. The molecule has 174 valence electrons. The van der Waals surface area contributed by atoms with Crippen molar-refractivity contribution in [3.63, 3.8) is 0 Å². The summed E-state index contributed by atoms with van der Waals surface area (Å²) in [6.45, 7) is 4.16. The summed E-state index contributed by atoms with van der Waals surface area (Å²) in [6.07, 6.45) is 1.58. The van der Waals surface area contributed by atoms with Gasteiger partial charge in [0.1, 0.15) is 17.1 Å². The highest BCUT2D eigenvalue weighted by Crippen LogP contribution is 2.23. The van der Waals surface area contributed by atoms with Crippen LogP contribution in [0, 0.1) is 6.92 Å². The number of amides is 2. The van der Waals surface area contributed by atoms with Crippen LogP contribution in [0.5, 0.6) is 0 Å². The van der Waals surface area contributed by atoms with Crippen LogP contribution in [-0.2, 0) is 4.79 Å². The summed E-state index contributed by atoms with van der Waals surface area (Å²) in [6, 6.07) is 16.6. The molecular weight excluding hydrogens is 436 g/mol. The molecular formula is C24H24N6O4. The van der Waals surface area contributed by atoms with E-state index >= 15 is 0 Å². The van der Waals surface area contributed by atoms with E-state index < -0.39 is 0 Å². The van der Waals surface area contributed by atoms with Crippen LogP contribution >= 0.6 is 0 Å². The molecule has 0 unspecified atom stereocenters. The van der Waals surface area contributed by atoms with Gasteiger partial charge in [-0.1, -0.05) is 23.4 Å². The van der Waals surface area contributed by atoms with Gasteiger partial charge in [0.2, 0.25) is 5.91 Å². The van der Waals surface area contributed by atoms with E-state index in [0.717, 1.165) is 5.69 Å². The fourth-order valence-corrected chi connectivity index (χ4v) is 3.93. The van der Waals surface area contributed by atoms with E-state index in [9.17, 15) is 9.59 Å². The third-order valence-electron chi connectivity index (χ3n) is 5.63. The van der Waals surface area contributed by atoms with Crippen LogP contribution in [0.3, 0.4) is 0 Å². The molecule has 1 aliphatic heterocycles. The Morgan fingerprint density at radius 2 is 1.82 bits per heavy atom. The second kappa shape index (κ2) is 9.36. The first-order valence-electron chi connectivity index (χ1n) is 11.0. The lowest BCUT2D eigenvalue weighted by Gasteiger charge is -2.34. The van der Waals surface area contributed by atoms with Crippen molar-refractivity contribution in [1.82, 2.24) is 24.7 Å². The third-order valence-corrected chi connectivity index (χ3v) is 5.63. The summed E-state index contributed by atoms with van der Waals surface area (Å²) in [4.78, 5) is 29.6. The molecule has 1 N–H and O–H groups in total. The number of aromatic nitrogens is 3. The van der Waals surface area contributed by atoms with Crippen molar-refractivity contribution in [2.45, 2.75) is 6.92 Å². The minimum absolute atomic E-state index is 0.115. The number of para-hydroxylation sites is 1. The van der Waals surface area contributed by atoms with E-state index in [1.165, 1.54) is 0 Å². The summed E-state index contributed by atoms with van der Waals surface area (Å²) in [5.41, 5.74) is 1.85. The zero-order chi connectivity index (χ0) is 23.5. The van der Waals surface area contributed by atoms with Gasteiger partial charge in [0.05, 0.1) is 18.5 Å². The summed E-state index contributed by atoms with van der Waals surface area (Å²) in [5, 5.41) is 11.1. The molecule has 4 aromatic rings. The largest absolute Gasteiger partial charge is 0.463 e. The van der Waals surface area contributed by atoms with Gasteiger partial charge in [-0.3, -0.25) is 14.5 Å². The monoisotopic (exact) mass is 460 g/mol. The Kier molecular flexibility index (Phi) is 5.96. The van der Waals surface area contributed by atoms with E-state index in [1.54, 1.807) is 41.0 Å². The standard InChI is InChI=1S/C24H24N6O4/c1-17-14-22(27-34-17)25-23(31)16-28-9-11-29(12-10-28)24(32)20-15-19(21-8-5-13-33-21)26-30(20)18-6-3-2-4-7-18/h2-8,13-15H,9-12,16H2,1H3,(H,25,27,31).